The second-order valence-electron chi connectivity index (χ2n) is 8.14. The molecule has 0 spiro atoms. The van der Waals surface area contributed by atoms with Crippen LogP contribution >= 0.6 is 0 Å². The number of nitrogens with one attached hydrogen (secondary N) is 1. The first-order valence-electron chi connectivity index (χ1n) is 11.2. The van der Waals surface area contributed by atoms with Crippen molar-refractivity contribution in [3.05, 3.63) is 60.2 Å². The number of rotatable bonds is 12. The van der Waals surface area contributed by atoms with E-state index >= 15 is 0 Å². The van der Waals surface area contributed by atoms with Gasteiger partial charge in [-0.3, -0.25) is 4.79 Å². The Morgan fingerprint density at radius 2 is 1.97 bits per heavy atom. The van der Waals surface area contributed by atoms with Crippen molar-refractivity contribution in [2.75, 3.05) is 6.54 Å². The smallest absolute Gasteiger partial charge is 0.219 e. The predicted octanol–water partition coefficient (Wildman–Crippen LogP) is 3.15. The van der Waals surface area contributed by atoms with Crippen molar-refractivity contribution in [1.29, 1.82) is 0 Å². The van der Waals surface area contributed by atoms with E-state index < -0.39 is 18.3 Å². The van der Waals surface area contributed by atoms with E-state index in [-0.39, 0.29) is 17.7 Å². The molecule has 4 N–H and O–H groups in total. The lowest BCUT2D eigenvalue weighted by atomic mass is 9.89. The first-order chi connectivity index (χ1) is 14.5. The Labute approximate surface area is 180 Å². The molecule has 5 atom stereocenters. The standard InChI is InChI=1S/C25H37NO4/c1-2-26-25(30)13-9-4-3-8-12-21-22(24(29)18-23(21)28)17-16-20(27)15-14-19-10-6-5-7-11-19/h3,5-8,10-11,16-17,20-24,27-29H,2,4,9,12-15,18H2,1H3,(H,26,30)/b8-3-,17-16+. The molecule has 5 heteroatoms. The minimum absolute atomic E-state index is 0.0581. The molecule has 1 aromatic carbocycles. The largest absolute Gasteiger partial charge is 0.393 e. The third-order valence-corrected chi connectivity index (χ3v) is 5.77. The van der Waals surface area contributed by atoms with Crippen molar-refractivity contribution < 1.29 is 20.1 Å². The van der Waals surface area contributed by atoms with E-state index in [9.17, 15) is 20.1 Å². The van der Waals surface area contributed by atoms with Gasteiger partial charge in [-0.25, -0.2) is 0 Å². The molecule has 5 unspecified atom stereocenters. The van der Waals surface area contributed by atoms with Crippen LogP contribution < -0.4 is 5.32 Å². The molecule has 166 valence electrons. The number of benzene rings is 1. The molecule has 1 saturated carbocycles. The number of hydrogen-bond donors (Lipinski definition) is 4. The highest BCUT2D eigenvalue weighted by Crippen LogP contribution is 2.36. The predicted molar refractivity (Wildman–Crippen MR) is 120 cm³/mol. The second kappa shape index (κ2) is 13.4. The van der Waals surface area contributed by atoms with Crippen molar-refractivity contribution >= 4 is 5.91 Å². The minimum atomic E-state index is -0.589. The van der Waals surface area contributed by atoms with Gasteiger partial charge in [0.1, 0.15) is 0 Å². The quantitative estimate of drug-likeness (QED) is 0.312. The fourth-order valence-corrected chi connectivity index (χ4v) is 4.06. The summed E-state index contributed by atoms with van der Waals surface area (Å²) in [6.45, 7) is 2.57. The van der Waals surface area contributed by atoms with E-state index in [2.05, 4.69) is 5.32 Å². The summed E-state index contributed by atoms with van der Waals surface area (Å²) in [5.41, 5.74) is 1.19. The van der Waals surface area contributed by atoms with Gasteiger partial charge in [0.2, 0.25) is 5.91 Å². The van der Waals surface area contributed by atoms with Crippen LogP contribution in [0, 0.1) is 11.8 Å². The van der Waals surface area contributed by atoms with Crippen molar-refractivity contribution in [1.82, 2.24) is 5.32 Å². The lowest BCUT2D eigenvalue weighted by Gasteiger charge is -2.19. The Hall–Kier alpha value is -1.95. The third kappa shape index (κ3) is 8.42. The minimum Gasteiger partial charge on any atom is -0.393 e. The van der Waals surface area contributed by atoms with Gasteiger partial charge in [0.15, 0.2) is 0 Å². The normalized spacial score (nSPS) is 25.2. The maximum atomic E-state index is 11.4. The van der Waals surface area contributed by atoms with Gasteiger partial charge in [-0.05, 0) is 50.5 Å². The fourth-order valence-electron chi connectivity index (χ4n) is 4.06. The van der Waals surface area contributed by atoms with Crippen LogP contribution in [0.5, 0.6) is 0 Å². The van der Waals surface area contributed by atoms with Gasteiger partial charge >= 0.3 is 0 Å². The van der Waals surface area contributed by atoms with Crippen molar-refractivity contribution in [2.45, 2.75) is 70.2 Å². The number of aliphatic hydroxyl groups is 3. The zero-order valence-electron chi connectivity index (χ0n) is 18.0. The van der Waals surface area contributed by atoms with Crippen LogP contribution in [0.25, 0.3) is 0 Å². The Balaban J connectivity index is 1.78. The van der Waals surface area contributed by atoms with Crippen LogP contribution in [0.15, 0.2) is 54.6 Å². The Morgan fingerprint density at radius 3 is 2.70 bits per heavy atom. The lowest BCUT2D eigenvalue weighted by molar-refractivity contribution is -0.121. The van der Waals surface area contributed by atoms with E-state index in [4.69, 9.17) is 0 Å². The molecule has 30 heavy (non-hydrogen) atoms. The van der Waals surface area contributed by atoms with Gasteiger partial charge in [-0.2, -0.15) is 0 Å². The molecule has 0 heterocycles. The molecule has 1 aliphatic carbocycles. The van der Waals surface area contributed by atoms with Crippen LogP contribution in [-0.2, 0) is 11.2 Å². The monoisotopic (exact) mass is 415 g/mol. The summed E-state index contributed by atoms with van der Waals surface area (Å²) in [7, 11) is 0. The SMILES string of the molecule is CCNC(=O)CCC/C=C\CC1C(O)CC(O)C1/C=C/C(O)CCc1ccccc1. The van der Waals surface area contributed by atoms with Crippen LogP contribution in [0.2, 0.25) is 0 Å². The van der Waals surface area contributed by atoms with Gasteiger partial charge in [-0.15, -0.1) is 0 Å². The van der Waals surface area contributed by atoms with Crippen LogP contribution in [-0.4, -0.2) is 46.1 Å². The van der Waals surface area contributed by atoms with E-state index in [1.54, 1.807) is 6.08 Å². The first-order valence-corrected chi connectivity index (χ1v) is 11.2. The molecule has 0 aromatic heterocycles. The first kappa shape index (κ1) is 24.3. The van der Waals surface area contributed by atoms with Crippen molar-refractivity contribution in [2.24, 2.45) is 11.8 Å². The van der Waals surface area contributed by atoms with Crippen molar-refractivity contribution in [3.63, 3.8) is 0 Å². The third-order valence-electron chi connectivity index (χ3n) is 5.77. The molecule has 1 aliphatic rings. The molecule has 0 aliphatic heterocycles. The molecule has 0 radical (unpaired) electrons. The summed E-state index contributed by atoms with van der Waals surface area (Å²) in [5, 5.41) is 33.8. The fraction of sp³-hybridized carbons (Fsp3) is 0.560. The molecule has 1 fully saturated rings. The van der Waals surface area contributed by atoms with Gasteiger partial charge < -0.3 is 20.6 Å². The molecule has 5 nitrogen and oxygen atoms in total. The molecule has 1 aromatic rings. The number of allylic oxidation sites excluding steroid dienone is 2. The van der Waals surface area contributed by atoms with Crippen molar-refractivity contribution in [3.8, 4) is 0 Å². The Kier molecular flexibility index (Phi) is 10.8. The molecule has 2 rings (SSSR count). The zero-order chi connectivity index (χ0) is 21.8. The topological polar surface area (TPSA) is 89.8 Å². The zero-order valence-corrected chi connectivity index (χ0v) is 18.0. The number of carbonyl (C=O) groups is 1. The number of aryl methyl sites for hydroxylation is 1. The van der Waals surface area contributed by atoms with E-state index in [0.717, 1.165) is 19.3 Å². The summed E-state index contributed by atoms with van der Waals surface area (Å²) >= 11 is 0. The Bertz CT molecular complexity index is 673. The summed E-state index contributed by atoms with van der Waals surface area (Å²) in [4.78, 5) is 11.4. The summed E-state index contributed by atoms with van der Waals surface area (Å²) in [5.74, 6) is -0.139. The highest BCUT2D eigenvalue weighted by molar-refractivity contribution is 5.75. The summed E-state index contributed by atoms with van der Waals surface area (Å²) in [6.07, 6.45) is 10.6. The second-order valence-corrected chi connectivity index (χ2v) is 8.14. The van der Waals surface area contributed by atoms with Crippen LogP contribution in [0.4, 0.5) is 0 Å². The maximum absolute atomic E-state index is 11.4. The van der Waals surface area contributed by atoms with Crippen LogP contribution in [0.3, 0.4) is 0 Å². The highest BCUT2D eigenvalue weighted by atomic mass is 16.3. The number of aliphatic hydroxyl groups excluding tert-OH is 3. The molecule has 1 amide bonds. The van der Waals surface area contributed by atoms with E-state index in [1.807, 2.05) is 55.5 Å². The summed E-state index contributed by atoms with van der Waals surface area (Å²) in [6, 6.07) is 10.1. The number of hydrogen-bond acceptors (Lipinski definition) is 4. The maximum Gasteiger partial charge on any atom is 0.219 e. The summed E-state index contributed by atoms with van der Waals surface area (Å²) < 4.78 is 0. The van der Waals surface area contributed by atoms with Gasteiger partial charge in [0.25, 0.3) is 0 Å². The molecular weight excluding hydrogens is 378 g/mol. The lowest BCUT2D eigenvalue weighted by Crippen LogP contribution is -2.21. The van der Waals surface area contributed by atoms with E-state index in [1.165, 1.54) is 5.56 Å². The average molecular weight is 416 g/mol. The van der Waals surface area contributed by atoms with Gasteiger partial charge in [-0.1, -0.05) is 54.6 Å². The highest BCUT2D eigenvalue weighted by Gasteiger charge is 2.39. The Morgan fingerprint density at radius 1 is 1.20 bits per heavy atom. The average Bonchev–Trinajstić information content (AvgIpc) is 3.00. The van der Waals surface area contributed by atoms with Crippen LogP contribution in [0.1, 0.15) is 51.0 Å². The van der Waals surface area contributed by atoms with Gasteiger partial charge in [0, 0.05) is 25.3 Å². The number of amides is 1. The van der Waals surface area contributed by atoms with Gasteiger partial charge in [0.05, 0.1) is 18.3 Å². The molecule has 0 saturated heterocycles. The molecule has 0 bridgehead atoms. The molecular formula is C25H37NO4. The van der Waals surface area contributed by atoms with E-state index in [0.29, 0.717) is 32.2 Å². The number of carbonyl (C=O) groups excluding carboxylic acids is 1. The number of unbranched alkanes of at least 4 members (excludes halogenated alkanes) is 1.